The fourth-order valence-corrected chi connectivity index (χ4v) is 3.42. The molecule has 0 unspecified atom stereocenters. The largest absolute Gasteiger partial charge is 0.394 e. The maximum absolute atomic E-state index is 12.6. The van der Waals surface area contributed by atoms with Crippen LogP contribution in [0.25, 0.3) is 0 Å². The van der Waals surface area contributed by atoms with Gasteiger partial charge in [0.15, 0.2) is 0 Å². The fourth-order valence-electron chi connectivity index (χ4n) is 3.42. The quantitative estimate of drug-likeness (QED) is 0.899. The van der Waals surface area contributed by atoms with Crippen LogP contribution < -0.4 is 0 Å². The lowest BCUT2D eigenvalue weighted by atomic mass is 9.92. The van der Waals surface area contributed by atoms with E-state index in [1.165, 1.54) is 6.92 Å². The molecule has 2 rings (SSSR count). The van der Waals surface area contributed by atoms with Gasteiger partial charge in [-0.25, -0.2) is 0 Å². The van der Waals surface area contributed by atoms with Gasteiger partial charge in [0.05, 0.1) is 18.6 Å². The average Bonchev–Trinajstić information content (AvgIpc) is 2.91. The summed E-state index contributed by atoms with van der Waals surface area (Å²) in [5.74, 6) is -0.126. The van der Waals surface area contributed by atoms with Crippen LogP contribution >= 0.6 is 0 Å². The van der Waals surface area contributed by atoms with Crippen LogP contribution in [-0.2, 0) is 16.1 Å². The van der Waals surface area contributed by atoms with E-state index in [4.69, 9.17) is 0 Å². The molecular formula is C18H26N2O3. The number of carbonyl (C=O) groups is 2. The SMILES string of the molecule is CC(=O)N1CCC[C@@]1(CO)CC(=O)N(C)Cc1cccc(C)c1. The number of hydrogen-bond acceptors (Lipinski definition) is 3. The molecule has 0 bridgehead atoms. The Bertz CT molecular complexity index is 587. The van der Waals surface area contributed by atoms with Crippen molar-refractivity contribution in [3.63, 3.8) is 0 Å². The van der Waals surface area contributed by atoms with E-state index in [0.29, 0.717) is 19.5 Å². The zero-order valence-electron chi connectivity index (χ0n) is 14.2. The number of aryl methyl sites for hydroxylation is 1. The molecular weight excluding hydrogens is 292 g/mol. The summed E-state index contributed by atoms with van der Waals surface area (Å²) >= 11 is 0. The number of likely N-dealkylation sites (tertiary alicyclic amines) is 1. The first kappa shape index (κ1) is 17.5. The fraction of sp³-hybridized carbons (Fsp3) is 0.556. The summed E-state index contributed by atoms with van der Waals surface area (Å²) in [7, 11) is 1.77. The molecule has 1 aliphatic heterocycles. The molecule has 0 saturated carbocycles. The Kier molecular flexibility index (Phi) is 5.42. The van der Waals surface area contributed by atoms with Crippen LogP contribution in [0.4, 0.5) is 0 Å². The van der Waals surface area contributed by atoms with Crippen LogP contribution in [-0.4, -0.2) is 52.5 Å². The second kappa shape index (κ2) is 7.13. The van der Waals surface area contributed by atoms with E-state index in [-0.39, 0.29) is 24.8 Å². The summed E-state index contributed by atoms with van der Waals surface area (Å²) in [6, 6.07) is 8.06. The Hall–Kier alpha value is -1.88. The van der Waals surface area contributed by atoms with Gasteiger partial charge in [0.25, 0.3) is 0 Å². The highest BCUT2D eigenvalue weighted by Crippen LogP contribution is 2.33. The summed E-state index contributed by atoms with van der Waals surface area (Å²) in [5.41, 5.74) is 1.51. The van der Waals surface area contributed by atoms with E-state index in [1.807, 2.05) is 25.1 Å². The van der Waals surface area contributed by atoms with E-state index in [0.717, 1.165) is 17.5 Å². The zero-order valence-corrected chi connectivity index (χ0v) is 14.2. The maximum Gasteiger partial charge on any atom is 0.225 e. The Morgan fingerprint density at radius 3 is 2.74 bits per heavy atom. The molecule has 126 valence electrons. The second-order valence-electron chi connectivity index (χ2n) is 6.57. The molecule has 1 aromatic rings. The van der Waals surface area contributed by atoms with Crippen molar-refractivity contribution in [2.75, 3.05) is 20.2 Å². The van der Waals surface area contributed by atoms with E-state index in [9.17, 15) is 14.7 Å². The molecule has 0 aliphatic carbocycles. The molecule has 23 heavy (non-hydrogen) atoms. The van der Waals surface area contributed by atoms with Crippen molar-refractivity contribution in [1.29, 1.82) is 0 Å². The summed E-state index contributed by atoms with van der Waals surface area (Å²) in [6.45, 7) is 4.50. The number of hydrogen-bond donors (Lipinski definition) is 1. The molecule has 1 N–H and O–H groups in total. The van der Waals surface area contributed by atoms with Gasteiger partial charge >= 0.3 is 0 Å². The summed E-state index contributed by atoms with van der Waals surface area (Å²) in [6.07, 6.45) is 1.67. The van der Waals surface area contributed by atoms with E-state index in [2.05, 4.69) is 6.07 Å². The summed E-state index contributed by atoms with van der Waals surface area (Å²) in [5, 5.41) is 9.83. The standard InChI is InChI=1S/C18H26N2O3/c1-14-6-4-7-16(10-14)12-19(3)17(23)11-18(13-21)8-5-9-20(18)15(2)22/h4,6-7,10,21H,5,8-9,11-13H2,1-3H3/t18-/m0/s1. The zero-order chi connectivity index (χ0) is 17.0. The Morgan fingerprint density at radius 2 is 2.13 bits per heavy atom. The van der Waals surface area contributed by atoms with Crippen molar-refractivity contribution >= 4 is 11.8 Å². The van der Waals surface area contributed by atoms with Crippen molar-refractivity contribution in [3.05, 3.63) is 35.4 Å². The first-order chi connectivity index (χ1) is 10.9. The second-order valence-corrected chi connectivity index (χ2v) is 6.57. The highest BCUT2D eigenvalue weighted by Gasteiger charge is 2.44. The third-order valence-corrected chi connectivity index (χ3v) is 4.68. The Morgan fingerprint density at radius 1 is 1.39 bits per heavy atom. The van der Waals surface area contributed by atoms with Gasteiger partial charge in [-0.2, -0.15) is 0 Å². The molecule has 0 aromatic heterocycles. The molecule has 0 spiro atoms. The molecule has 1 heterocycles. The highest BCUT2D eigenvalue weighted by molar-refractivity contribution is 5.80. The lowest BCUT2D eigenvalue weighted by molar-refractivity contribution is -0.140. The van der Waals surface area contributed by atoms with Crippen molar-refractivity contribution in [3.8, 4) is 0 Å². The van der Waals surface area contributed by atoms with Gasteiger partial charge in [-0.15, -0.1) is 0 Å². The normalized spacial score (nSPS) is 20.6. The van der Waals surface area contributed by atoms with Gasteiger partial charge in [-0.05, 0) is 25.3 Å². The monoisotopic (exact) mass is 318 g/mol. The van der Waals surface area contributed by atoms with Crippen molar-refractivity contribution in [1.82, 2.24) is 9.80 Å². The third-order valence-electron chi connectivity index (χ3n) is 4.68. The molecule has 5 heteroatoms. The molecule has 1 fully saturated rings. The Balaban J connectivity index is 2.06. The predicted octanol–water partition coefficient (Wildman–Crippen LogP) is 1.72. The molecule has 1 aliphatic rings. The van der Waals surface area contributed by atoms with Gasteiger partial charge in [-0.1, -0.05) is 29.8 Å². The van der Waals surface area contributed by atoms with Crippen LogP contribution in [0.5, 0.6) is 0 Å². The molecule has 5 nitrogen and oxygen atoms in total. The number of nitrogens with zero attached hydrogens (tertiary/aromatic N) is 2. The van der Waals surface area contributed by atoms with E-state index in [1.54, 1.807) is 16.8 Å². The topological polar surface area (TPSA) is 60.9 Å². The van der Waals surface area contributed by atoms with Crippen molar-refractivity contribution in [2.45, 2.75) is 45.2 Å². The predicted molar refractivity (Wildman–Crippen MR) is 88.7 cm³/mol. The lowest BCUT2D eigenvalue weighted by Crippen LogP contribution is -2.52. The minimum Gasteiger partial charge on any atom is -0.394 e. The van der Waals surface area contributed by atoms with Crippen LogP contribution in [0, 0.1) is 6.92 Å². The van der Waals surface area contributed by atoms with E-state index >= 15 is 0 Å². The van der Waals surface area contributed by atoms with Gasteiger partial charge in [0.1, 0.15) is 0 Å². The van der Waals surface area contributed by atoms with Crippen molar-refractivity contribution < 1.29 is 14.7 Å². The number of aliphatic hydroxyl groups is 1. The first-order valence-electron chi connectivity index (χ1n) is 8.06. The number of rotatable bonds is 5. The number of aliphatic hydroxyl groups excluding tert-OH is 1. The van der Waals surface area contributed by atoms with Crippen LogP contribution in [0.1, 0.15) is 37.3 Å². The molecule has 1 aromatic carbocycles. The van der Waals surface area contributed by atoms with Gasteiger partial charge in [0, 0.05) is 27.1 Å². The lowest BCUT2D eigenvalue weighted by Gasteiger charge is -2.37. The number of amides is 2. The van der Waals surface area contributed by atoms with Crippen molar-refractivity contribution in [2.24, 2.45) is 0 Å². The van der Waals surface area contributed by atoms with Crippen LogP contribution in [0.15, 0.2) is 24.3 Å². The average molecular weight is 318 g/mol. The van der Waals surface area contributed by atoms with Gasteiger partial charge in [0.2, 0.25) is 11.8 Å². The molecule has 1 atom stereocenters. The minimum atomic E-state index is -0.732. The van der Waals surface area contributed by atoms with Crippen LogP contribution in [0.2, 0.25) is 0 Å². The van der Waals surface area contributed by atoms with Gasteiger partial charge in [-0.3, -0.25) is 9.59 Å². The first-order valence-corrected chi connectivity index (χ1v) is 8.06. The van der Waals surface area contributed by atoms with Gasteiger partial charge < -0.3 is 14.9 Å². The summed E-state index contributed by atoms with van der Waals surface area (Å²) in [4.78, 5) is 27.7. The number of benzene rings is 1. The van der Waals surface area contributed by atoms with Crippen LogP contribution in [0.3, 0.4) is 0 Å². The molecule has 2 amide bonds. The Labute approximate surface area is 137 Å². The molecule has 0 radical (unpaired) electrons. The minimum absolute atomic E-state index is 0.0475. The number of carbonyl (C=O) groups excluding carboxylic acids is 2. The maximum atomic E-state index is 12.6. The van der Waals surface area contributed by atoms with E-state index < -0.39 is 5.54 Å². The smallest absolute Gasteiger partial charge is 0.225 e. The highest BCUT2D eigenvalue weighted by atomic mass is 16.3. The third kappa shape index (κ3) is 3.91. The molecule has 1 saturated heterocycles. The summed E-state index contributed by atoms with van der Waals surface area (Å²) < 4.78 is 0.